The third kappa shape index (κ3) is 4.00. The summed E-state index contributed by atoms with van der Waals surface area (Å²) in [5, 5.41) is 12.0. The Bertz CT molecular complexity index is 869. The molecule has 0 unspecified atom stereocenters. The molecule has 142 valence electrons. The van der Waals surface area contributed by atoms with Crippen LogP contribution in [0.4, 0.5) is 11.4 Å². The first-order valence-electron chi connectivity index (χ1n) is 8.27. The molecule has 0 atom stereocenters. The Morgan fingerprint density at radius 1 is 1.15 bits per heavy atom. The standard InChI is InChI=1S/C18H17Cl2N3O4/c19-12-5-6-13(14(20)11-12)18(7-9-27-10-8-18)17(24)22-21-15-3-1-2-4-16(15)23(25)26/h1-6,11,21H,7-10H2,(H,22,24). The summed E-state index contributed by atoms with van der Waals surface area (Å²) < 4.78 is 5.41. The predicted octanol–water partition coefficient (Wildman–Crippen LogP) is 4.09. The Hall–Kier alpha value is -2.35. The lowest BCUT2D eigenvalue weighted by Gasteiger charge is -2.36. The van der Waals surface area contributed by atoms with Gasteiger partial charge in [0.1, 0.15) is 5.69 Å². The molecule has 3 rings (SSSR count). The maximum Gasteiger partial charge on any atom is 0.294 e. The normalized spacial score (nSPS) is 15.8. The molecule has 0 spiro atoms. The van der Waals surface area contributed by atoms with Crippen molar-refractivity contribution in [2.24, 2.45) is 0 Å². The van der Waals surface area contributed by atoms with E-state index in [1.54, 1.807) is 30.3 Å². The monoisotopic (exact) mass is 409 g/mol. The summed E-state index contributed by atoms with van der Waals surface area (Å²) in [4.78, 5) is 23.7. The van der Waals surface area contributed by atoms with E-state index in [9.17, 15) is 14.9 Å². The van der Waals surface area contributed by atoms with Gasteiger partial charge in [-0.2, -0.15) is 0 Å². The summed E-state index contributed by atoms with van der Waals surface area (Å²) in [6.07, 6.45) is 0.859. The van der Waals surface area contributed by atoms with Crippen LogP contribution in [0.3, 0.4) is 0 Å². The number of hydrazine groups is 1. The van der Waals surface area contributed by atoms with Crippen LogP contribution in [0.25, 0.3) is 0 Å². The molecule has 2 aromatic carbocycles. The highest BCUT2D eigenvalue weighted by Crippen LogP contribution is 2.40. The number of nitrogens with one attached hydrogen (secondary N) is 2. The molecule has 0 bridgehead atoms. The van der Waals surface area contributed by atoms with Crippen LogP contribution < -0.4 is 10.9 Å². The second-order valence-corrected chi connectivity index (χ2v) is 7.02. The first-order valence-corrected chi connectivity index (χ1v) is 9.03. The van der Waals surface area contributed by atoms with Gasteiger partial charge < -0.3 is 4.74 Å². The van der Waals surface area contributed by atoms with Crippen LogP contribution in [-0.4, -0.2) is 24.0 Å². The van der Waals surface area contributed by atoms with Crippen molar-refractivity contribution in [1.82, 2.24) is 5.43 Å². The van der Waals surface area contributed by atoms with Gasteiger partial charge in [-0.25, -0.2) is 0 Å². The van der Waals surface area contributed by atoms with Crippen molar-refractivity contribution in [2.75, 3.05) is 18.6 Å². The van der Waals surface area contributed by atoms with Crippen LogP contribution in [0.15, 0.2) is 42.5 Å². The van der Waals surface area contributed by atoms with Crippen LogP contribution in [0.2, 0.25) is 10.0 Å². The molecule has 1 heterocycles. The van der Waals surface area contributed by atoms with Crippen LogP contribution in [0, 0.1) is 10.1 Å². The number of ether oxygens (including phenoxy) is 1. The SMILES string of the molecule is O=C(NNc1ccccc1[N+](=O)[O-])C1(c2ccc(Cl)cc2Cl)CCOCC1. The van der Waals surface area contributed by atoms with E-state index in [0.29, 0.717) is 41.7 Å². The third-order valence-corrected chi connectivity index (χ3v) is 5.19. The topological polar surface area (TPSA) is 93.5 Å². The van der Waals surface area contributed by atoms with Gasteiger partial charge in [0.15, 0.2) is 0 Å². The smallest absolute Gasteiger partial charge is 0.294 e. The molecule has 0 radical (unpaired) electrons. The summed E-state index contributed by atoms with van der Waals surface area (Å²) in [7, 11) is 0. The molecule has 0 saturated carbocycles. The van der Waals surface area contributed by atoms with Crippen LogP contribution in [0.5, 0.6) is 0 Å². The zero-order valence-electron chi connectivity index (χ0n) is 14.2. The summed E-state index contributed by atoms with van der Waals surface area (Å²) in [6, 6.07) is 11.1. The van der Waals surface area contributed by atoms with Crippen molar-refractivity contribution in [2.45, 2.75) is 18.3 Å². The number of carbonyl (C=O) groups is 1. The van der Waals surface area contributed by atoms with Gasteiger partial charge in [0.25, 0.3) is 5.69 Å². The number of hydrogen-bond acceptors (Lipinski definition) is 5. The van der Waals surface area contributed by atoms with Gasteiger partial charge in [-0.15, -0.1) is 0 Å². The van der Waals surface area contributed by atoms with E-state index in [-0.39, 0.29) is 17.3 Å². The fourth-order valence-electron chi connectivity index (χ4n) is 3.20. The Kier molecular flexibility index (Phi) is 5.84. The number of nitro groups is 1. The number of carbonyl (C=O) groups excluding carboxylic acids is 1. The average molecular weight is 410 g/mol. The lowest BCUT2D eigenvalue weighted by molar-refractivity contribution is -0.384. The largest absolute Gasteiger partial charge is 0.381 e. The van der Waals surface area contributed by atoms with E-state index in [4.69, 9.17) is 27.9 Å². The van der Waals surface area contributed by atoms with Crippen molar-refractivity contribution >= 4 is 40.5 Å². The van der Waals surface area contributed by atoms with Gasteiger partial charge >= 0.3 is 0 Å². The van der Waals surface area contributed by atoms with Crippen LogP contribution >= 0.6 is 23.2 Å². The molecule has 9 heteroatoms. The highest BCUT2D eigenvalue weighted by Gasteiger charge is 2.43. The van der Waals surface area contributed by atoms with Crippen molar-refractivity contribution in [3.63, 3.8) is 0 Å². The highest BCUT2D eigenvalue weighted by molar-refractivity contribution is 6.35. The number of halogens is 2. The van der Waals surface area contributed by atoms with E-state index in [0.717, 1.165) is 0 Å². The highest BCUT2D eigenvalue weighted by atomic mass is 35.5. The molecule has 0 aliphatic carbocycles. The van der Waals surface area contributed by atoms with Gasteiger partial charge in [0.2, 0.25) is 5.91 Å². The third-order valence-electron chi connectivity index (χ3n) is 4.64. The molecule has 7 nitrogen and oxygen atoms in total. The zero-order valence-corrected chi connectivity index (χ0v) is 15.7. The quantitative estimate of drug-likeness (QED) is 0.572. The number of hydrogen-bond donors (Lipinski definition) is 2. The molecular weight excluding hydrogens is 393 g/mol. The van der Waals surface area contributed by atoms with E-state index in [2.05, 4.69) is 10.9 Å². The number of benzene rings is 2. The van der Waals surface area contributed by atoms with E-state index in [1.165, 1.54) is 12.1 Å². The van der Waals surface area contributed by atoms with Crippen LogP contribution in [0.1, 0.15) is 18.4 Å². The Morgan fingerprint density at radius 2 is 1.85 bits per heavy atom. The van der Waals surface area contributed by atoms with E-state index >= 15 is 0 Å². The minimum absolute atomic E-state index is 0.136. The van der Waals surface area contributed by atoms with Gasteiger partial charge in [-0.05, 0) is 36.6 Å². The first-order chi connectivity index (χ1) is 12.9. The Balaban J connectivity index is 1.88. The Morgan fingerprint density at radius 3 is 2.52 bits per heavy atom. The molecule has 1 amide bonds. The van der Waals surface area contributed by atoms with Gasteiger partial charge in [0.05, 0.1) is 10.3 Å². The van der Waals surface area contributed by atoms with E-state index in [1.807, 2.05) is 0 Å². The van der Waals surface area contributed by atoms with Crippen molar-refractivity contribution in [1.29, 1.82) is 0 Å². The number of anilines is 1. The van der Waals surface area contributed by atoms with Crippen molar-refractivity contribution in [3.8, 4) is 0 Å². The predicted molar refractivity (Wildman–Crippen MR) is 103 cm³/mol. The van der Waals surface area contributed by atoms with Gasteiger partial charge in [-0.3, -0.25) is 25.8 Å². The second kappa shape index (κ2) is 8.12. The Labute approximate surface area is 165 Å². The molecule has 2 aromatic rings. The van der Waals surface area contributed by atoms with Gasteiger partial charge in [0, 0.05) is 29.3 Å². The molecule has 1 aliphatic rings. The number of rotatable bonds is 5. The maximum absolute atomic E-state index is 13.1. The van der Waals surface area contributed by atoms with Crippen molar-refractivity contribution in [3.05, 3.63) is 68.2 Å². The zero-order chi connectivity index (χ0) is 19.4. The summed E-state index contributed by atoms with van der Waals surface area (Å²) in [5.74, 6) is -0.340. The molecule has 1 saturated heterocycles. The molecular formula is C18H17Cl2N3O4. The molecule has 2 N–H and O–H groups in total. The van der Waals surface area contributed by atoms with Crippen molar-refractivity contribution < 1.29 is 14.5 Å². The maximum atomic E-state index is 13.1. The molecule has 1 fully saturated rings. The number of para-hydroxylation sites is 2. The number of nitrogens with zero attached hydrogens (tertiary/aromatic N) is 1. The minimum atomic E-state index is -0.920. The summed E-state index contributed by atoms with van der Waals surface area (Å²) in [6.45, 7) is 0.801. The lowest BCUT2D eigenvalue weighted by Crippen LogP contribution is -2.49. The summed E-state index contributed by atoms with van der Waals surface area (Å²) >= 11 is 12.3. The lowest BCUT2D eigenvalue weighted by atomic mass is 9.73. The average Bonchev–Trinajstić information content (AvgIpc) is 2.66. The fourth-order valence-corrected chi connectivity index (χ4v) is 3.79. The minimum Gasteiger partial charge on any atom is -0.381 e. The van der Waals surface area contributed by atoms with Crippen LogP contribution in [-0.2, 0) is 14.9 Å². The van der Waals surface area contributed by atoms with E-state index < -0.39 is 10.3 Å². The number of amides is 1. The molecule has 1 aliphatic heterocycles. The second-order valence-electron chi connectivity index (χ2n) is 6.17. The fraction of sp³-hybridized carbons (Fsp3) is 0.278. The molecule has 27 heavy (non-hydrogen) atoms. The first kappa shape index (κ1) is 19.4. The molecule has 0 aromatic heterocycles. The number of nitro benzene ring substituents is 1. The van der Waals surface area contributed by atoms with Gasteiger partial charge in [-0.1, -0.05) is 41.4 Å². The summed E-state index contributed by atoms with van der Waals surface area (Å²) in [5.41, 5.74) is 5.06.